The third-order valence-corrected chi connectivity index (χ3v) is 4.48. The van der Waals surface area contributed by atoms with Gasteiger partial charge in [-0.3, -0.25) is 0 Å². The van der Waals surface area contributed by atoms with Crippen molar-refractivity contribution in [2.45, 2.75) is 32.6 Å². The molecule has 15 heavy (non-hydrogen) atoms. The van der Waals surface area contributed by atoms with Crippen LogP contribution in [0.1, 0.15) is 32.6 Å². The van der Waals surface area contributed by atoms with Gasteiger partial charge >= 0.3 is 0 Å². The summed E-state index contributed by atoms with van der Waals surface area (Å²) in [5.74, 6) is 1.78. The summed E-state index contributed by atoms with van der Waals surface area (Å²) in [6.07, 6.45) is 7.31. The molecule has 0 aromatic rings. The molecule has 1 saturated heterocycles. The first-order valence-electron chi connectivity index (χ1n) is 6.31. The van der Waals surface area contributed by atoms with E-state index in [4.69, 9.17) is 11.6 Å². The molecule has 2 aliphatic rings. The Hall–Kier alpha value is -0.0100. The molecule has 86 valence electrons. The van der Waals surface area contributed by atoms with Crippen molar-refractivity contribution in [2.24, 2.45) is 11.8 Å². The van der Waals surface area contributed by atoms with E-state index in [0.717, 1.165) is 23.3 Å². The van der Waals surface area contributed by atoms with Crippen LogP contribution in [0.4, 0.5) is 0 Å². The van der Waals surface area contributed by atoms with Crippen molar-refractivity contribution >= 4 is 11.6 Å². The molecule has 0 amide bonds. The maximum atomic E-state index is 6.13. The normalized spacial score (nSPS) is 40.1. The third-order valence-electron chi connectivity index (χ3n) is 4.17. The van der Waals surface area contributed by atoms with E-state index >= 15 is 0 Å². The van der Waals surface area contributed by atoms with Crippen LogP contribution in [-0.2, 0) is 0 Å². The molecule has 1 nitrogen and oxygen atoms in total. The van der Waals surface area contributed by atoms with Crippen molar-refractivity contribution < 1.29 is 4.48 Å². The number of rotatable bonds is 3. The second-order valence-corrected chi connectivity index (χ2v) is 6.16. The molecule has 0 aromatic carbocycles. The Morgan fingerprint density at radius 3 is 2.87 bits per heavy atom. The van der Waals surface area contributed by atoms with E-state index in [2.05, 4.69) is 20.0 Å². The van der Waals surface area contributed by atoms with Gasteiger partial charge in [0.15, 0.2) is 0 Å². The largest absolute Gasteiger partial charge is 0.326 e. The van der Waals surface area contributed by atoms with Crippen LogP contribution in [-0.4, -0.2) is 31.2 Å². The molecule has 1 heterocycles. The maximum absolute atomic E-state index is 6.13. The molecule has 3 atom stereocenters. The van der Waals surface area contributed by atoms with Gasteiger partial charge in [0.05, 0.1) is 26.7 Å². The van der Waals surface area contributed by atoms with Gasteiger partial charge in [-0.1, -0.05) is 31.0 Å². The summed E-state index contributed by atoms with van der Waals surface area (Å²) in [4.78, 5) is 0. The highest BCUT2D eigenvalue weighted by atomic mass is 35.5. The van der Waals surface area contributed by atoms with Gasteiger partial charge in [-0.2, -0.15) is 0 Å². The minimum absolute atomic E-state index is 0.865. The number of allylic oxidation sites excluding steroid dienone is 2. The van der Waals surface area contributed by atoms with Crippen molar-refractivity contribution in [1.82, 2.24) is 0 Å². The van der Waals surface area contributed by atoms with E-state index in [1.54, 1.807) is 0 Å². The summed E-state index contributed by atoms with van der Waals surface area (Å²) in [6, 6.07) is 0. The molecule has 2 rings (SSSR count). The Labute approximate surface area is 98.7 Å². The van der Waals surface area contributed by atoms with E-state index < -0.39 is 0 Å². The molecular weight excluding hydrogens is 206 g/mol. The average molecular weight is 229 g/mol. The zero-order chi connectivity index (χ0) is 10.9. The number of hydrogen-bond donors (Lipinski definition) is 0. The first kappa shape index (κ1) is 11.5. The molecule has 1 aliphatic carbocycles. The molecule has 0 aromatic heterocycles. The lowest BCUT2D eigenvalue weighted by atomic mass is 9.86. The Kier molecular flexibility index (Phi) is 3.42. The van der Waals surface area contributed by atoms with Crippen molar-refractivity contribution in [3.63, 3.8) is 0 Å². The molecular formula is C13H23ClN+. The quantitative estimate of drug-likeness (QED) is 0.650. The van der Waals surface area contributed by atoms with Gasteiger partial charge < -0.3 is 4.48 Å². The van der Waals surface area contributed by atoms with Crippen LogP contribution in [0.15, 0.2) is 11.1 Å². The molecule has 1 aliphatic heterocycles. The lowest BCUT2D eigenvalue weighted by molar-refractivity contribution is -0.900. The average Bonchev–Trinajstić information content (AvgIpc) is 2.51. The Morgan fingerprint density at radius 1 is 1.40 bits per heavy atom. The SMILES string of the molecule is CCCC[N+]1(C)CC2CC=C(Cl)CC2C1. The van der Waals surface area contributed by atoms with Crippen molar-refractivity contribution in [3.05, 3.63) is 11.1 Å². The van der Waals surface area contributed by atoms with Gasteiger partial charge in [-0.25, -0.2) is 0 Å². The van der Waals surface area contributed by atoms with E-state index in [0.29, 0.717) is 0 Å². The van der Waals surface area contributed by atoms with Crippen molar-refractivity contribution in [3.8, 4) is 0 Å². The first-order valence-corrected chi connectivity index (χ1v) is 6.69. The van der Waals surface area contributed by atoms with Crippen LogP contribution < -0.4 is 0 Å². The number of halogens is 1. The van der Waals surface area contributed by atoms with Gasteiger partial charge in [0.25, 0.3) is 0 Å². The van der Waals surface area contributed by atoms with E-state index in [-0.39, 0.29) is 0 Å². The minimum Gasteiger partial charge on any atom is -0.326 e. The lowest BCUT2D eigenvalue weighted by Crippen LogP contribution is -2.42. The molecule has 0 radical (unpaired) electrons. The van der Waals surface area contributed by atoms with E-state index in [9.17, 15) is 0 Å². The predicted octanol–water partition coefficient (Wildman–Crippen LogP) is 3.40. The van der Waals surface area contributed by atoms with Crippen LogP contribution in [0.2, 0.25) is 0 Å². The van der Waals surface area contributed by atoms with Crippen LogP contribution >= 0.6 is 11.6 Å². The molecule has 0 saturated carbocycles. The van der Waals surface area contributed by atoms with E-state index in [1.165, 1.54) is 43.4 Å². The summed E-state index contributed by atoms with van der Waals surface area (Å²) in [5.41, 5.74) is 0. The smallest absolute Gasteiger partial charge is 0.0821 e. The van der Waals surface area contributed by atoms with Gasteiger partial charge in [0, 0.05) is 16.9 Å². The van der Waals surface area contributed by atoms with Gasteiger partial charge in [0.2, 0.25) is 0 Å². The van der Waals surface area contributed by atoms with Crippen LogP contribution in [0.25, 0.3) is 0 Å². The van der Waals surface area contributed by atoms with Crippen LogP contribution in [0, 0.1) is 11.8 Å². The number of likely N-dealkylation sites (tertiary alicyclic amines) is 1. The number of hydrogen-bond acceptors (Lipinski definition) is 0. The maximum Gasteiger partial charge on any atom is 0.0821 e. The van der Waals surface area contributed by atoms with Crippen LogP contribution in [0.3, 0.4) is 0 Å². The fourth-order valence-corrected chi connectivity index (χ4v) is 3.63. The second kappa shape index (κ2) is 4.47. The van der Waals surface area contributed by atoms with Crippen LogP contribution in [0.5, 0.6) is 0 Å². The summed E-state index contributed by atoms with van der Waals surface area (Å²) >= 11 is 6.13. The first-order chi connectivity index (χ1) is 7.13. The predicted molar refractivity (Wildman–Crippen MR) is 65.8 cm³/mol. The van der Waals surface area contributed by atoms with Crippen molar-refractivity contribution in [1.29, 1.82) is 0 Å². The molecule has 3 unspecified atom stereocenters. The number of quaternary nitrogens is 1. The fourth-order valence-electron chi connectivity index (χ4n) is 3.34. The van der Waals surface area contributed by atoms with Gasteiger partial charge in [-0.15, -0.1) is 0 Å². The monoisotopic (exact) mass is 228 g/mol. The third kappa shape index (κ3) is 2.57. The Bertz CT molecular complexity index is 261. The standard InChI is InChI=1S/C13H23ClN/c1-3-4-7-15(2)9-11-5-6-13(14)8-12(11)10-15/h6,11-12H,3-5,7-10H2,1-2H3/q+1. The summed E-state index contributed by atoms with van der Waals surface area (Å²) in [5, 5.41) is 1.11. The Balaban J connectivity index is 1.95. The number of fused-ring (bicyclic) bond motifs is 1. The molecule has 1 fully saturated rings. The highest BCUT2D eigenvalue weighted by Crippen LogP contribution is 2.39. The molecule has 0 spiro atoms. The molecule has 2 heteroatoms. The highest BCUT2D eigenvalue weighted by Gasteiger charge is 2.42. The molecule has 0 bridgehead atoms. The van der Waals surface area contributed by atoms with Gasteiger partial charge in [-0.05, 0) is 19.3 Å². The van der Waals surface area contributed by atoms with Crippen molar-refractivity contribution in [2.75, 3.05) is 26.7 Å². The summed E-state index contributed by atoms with van der Waals surface area (Å²) in [7, 11) is 2.43. The zero-order valence-corrected chi connectivity index (χ0v) is 10.8. The molecule has 0 N–H and O–H groups in total. The summed E-state index contributed by atoms with van der Waals surface area (Å²) < 4.78 is 1.29. The number of nitrogens with zero attached hydrogens (tertiary/aromatic N) is 1. The summed E-state index contributed by atoms with van der Waals surface area (Å²) in [6.45, 7) is 6.38. The minimum atomic E-state index is 0.865. The zero-order valence-electron chi connectivity index (χ0n) is 10.0. The fraction of sp³-hybridized carbons (Fsp3) is 0.846. The van der Waals surface area contributed by atoms with E-state index in [1.807, 2.05) is 0 Å². The second-order valence-electron chi connectivity index (χ2n) is 5.67. The number of unbranched alkanes of at least 4 members (excludes halogenated alkanes) is 1. The lowest BCUT2D eigenvalue weighted by Gasteiger charge is -2.29. The topological polar surface area (TPSA) is 0 Å². The highest BCUT2D eigenvalue weighted by molar-refractivity contribution is 6.29. The van der Waals surface area contributed by atoms with Gasteiger partial charge in [0.1, 0.15) is 0 Å². The Morgan fingerprint density at radius 2 is 2.13 bits per heavy atom.